The highest BCUT2D eigenvalue weighted by Crippen LogP contribution is 2.31. The molecule has 0 fully saturated rings. The Hall–Kier alpha value is -1.49. The highest BCUT2D eigenvalue weighted by molar-refractivity contribution is 7.99. The van der Waals surface area contributed by atoms with Gasteiger partial charge in [0.1, 0.15) is 5.54 Å². The van der Waals surface area contributed by atoms with Crippen LogP contribution in [0.3, 0.4) is 0 Å². The number of hydrogen-bond acceptors (Lipinski definition) is 3. The Morgan fingerprint density at radius 1 is 1.14 bits per heavy atom. The smallest absolute Gasteiger partial charge is 0.328 e. The van der Waals surface area contributed by atoms with Gasteiger partial charge in [-0.05, 0) is 19.4 Å². The molecule has 0 heterocycles. The van der Waals surface area contributed by atoms with Gasteiger partial charge < -0.3 is 10.4 Å². The molecule has 4 nitrogen and oxygen atoms in total. The minimum absolute atomic E-state index is 0.243. The van der Waals surface area contributed by atoms with E-state index in [-0.39, 0.29) is 17.1 Å². The Morgan fingerprint density at radius 2 is 1.71 bits per heavy atom. The van der Waals surface area contributed by atoms with Crippen molar-refractivity contribution in [2.24, 2.45) is 0 Å². The van der Waals surface area contributed by atoms with Gasteiger partial charge >= 0.3 is 5.97 Å². The van der Waals surface area contributed by atoms with E-state index in [1.807, 2.05) is 32.0 Å². The molecule has 0 aliphatic rings. The van der Waals surface area contributed by atoms with Crippen LogP contribution in [0.4, 0.5) is 0 Å². The number of aliphatic carboxylic acids is 1. The molecule has 0 aliphatic heterocycles. The van der Waals surface area contributed by atoms with E-state index in [4.69, 9.17) is 5.11 Å². The van der Waals surface area contributed by atoms with Gasteiger partial charge in [-0.2, -0.15) is 11.8 Å². The highest BCUT2D eigenvalue weighted by atomic mass is 32.2. The number of carbonyl (C=O) groups is 2. The molecule has 2 N–H and O–H groups in total. The zero-order chi connectivity index (χ0) is 16.1. The molecule has 0 saturated heterocycles. The van der Waals surface area contributed by atoms with Crippen molar-refractivity contribution in [1.82, 2.24) is 5.32 Å². The van der Waals surface area contributed by atoms with Gasteiger partial charge in [-0.3, -0.25) is 4.79 Å². The van der Waals surface area contributed by atoms with Crippen LogP contribution in [0.1, 0.15) is 39.7 Å². The van der Waals surface area contributed by atoms with Crippen LogP contribution in [-0.2, 0) is 15.3 Å². The fraction of sp³-hybridized carbons (Fsp3) is 0.500. The average molecular weight is 309 g/mol. The molecule has 21 heavy (non-hydrogen) atoms. The molecule has 1 aromatic carbocycles. The van der Waals surface area contributed by atoms with Crippen LogP contribution in [0.2, 0.25) is 0 Å². The summed E-state index contributed by atoms with van der Waals surface area (Å²) in [5, 5.41) is 11.6. The van der Waals surface area contributed by atoms with Crippen molar-refractivity contribution in [2.45, 2.75) is 50.2 Å². The molecule has 0 aromatic heterocycles. The third kappa shape index (κ3) is 6.21. The average Bonchev–Trinajstić information content (AvgIpc) is 2.36. The van der Waals surface area contributed by atoms with Gasteiger partial charge in [-0.15, -0.1) is 0 Å². The van der Waals surface area contributed by atoms with Crippen LogP contribution < -0.4 is 5.32 Å². The summed E-state index contributed by atoms with van der Waals surface area (Å²) in [6, 6.07) is 10.1. The second-order valence-corrected chi connectivity index (χ2v) is 7.87. The van der Waals surface area contributed by atoms with Crippen LogP contribution in [0.15, 0.2) is 30.3 Å². The van der Waals surface area contributed by atoms with Gasteiger partial charge in [0.05, 0.1) is 0 Å². The molecule has 0 atom stereocenters. The molecule has 116 valence electrons. The molecule has 0 spiro atoms. The second-order valence-electron chi connectivity index (χ2n) is 6.19. The highest BCUT2D eigenvalue weighted by Gasteiger charge is 2.31. The molecule has 0 saturated carbocycles. The summed E-state index contributed by atoms with van der Waals surface area (Å²) in [7, 11) is 0. The molecule has 0 radical (unpaired) electrons. The lowest BCUT2D eigenvalue weighted by Crippen LogP contribution is -2.50. The number of carbonyl (C=O) groups excluding carboxylic acids is 1. The largest absolute Gasteiger partial charge is 0.480 e. The molecule has 1 rings (SSSR count). The maximum atomic E-state index is 12.0. The monoisotopic (exact) mass is 309 g/mol. The van der Waals surface area contributed by atoms with Crippen LogP contribution in [0.25, 0.3) is 0 Å². The number of carboxylic acid groups (broad SMARTS) is 1. The van der Waals surface area contributed by atoms with E-state index in [1.54, 1.807) is 11.8 Å². The van der Waals surface area contributed by atoms with Gasteiger partial charge in [0.25, 0.3) is 0 Å². The van der Waals surface area contributed by atoms with Gasteiger partial charge in [-0.1, -0.05) is 44.2 Å². The van der Waals surface area contributed by atoms with Crippen LogP contribution in [0.5, 0.6) is 0 Å². The third-order valence-electron chi connectivity index (χ3n) is 3.05. The van der Waals surface area contributed by atoms with Crippen molar-refractivity contribution >= 4 is 23.6 Å². The quantitative estimate of drug-likeness (QED) is 0.812. The predicted octanol–water partition coefficient (Wildman–Crippen LogP) is 3.07. The summed E-state index contributed by atoms with van der Waals surface area (Å²) in [5.41, 5.74) is -0.0288. The van der Waals surface area contributed by atoms with Crippen molar-refractivity contribution in [3.63, 3.8) is 0 Å². The fourth-order valence-electron chi connectivity index (χ4n) is 1.74. The number of nitrogens with one attached hydrogen (secondary N) is 1. The molecule has 0 bridgehead atoms. The lowest BCUT2D eigenvalue weighted by atomic mass is 10.0. The molecule has 0 aliphatic carbocycles. The molecular formula is C16H23NO3S. The number of thioether (sulfide) groups is 1. The summed E-state index contributed by atoms with van der Waals surface area (Å²) in [4.78, 5) is 23.0. The normalized spacial score (nSPS) is 12.0. The van der Waals surface area contributed by atoms with Crippen molar-refractivity contribution in [3.05, 3.63) is 35.9 Å². The minimum Gasteiger partial charge on any atom is -0.480 e. The SMILES string of the molecule is CC(C)(CC(=O)NC(C)(C)C(=O)O)SCc1ccccc1. The Bertz CT molecular complexity index is 498. The van der Waals surface area contributed by atoms with E-state index in [2.05, 4.69) is 17.4 Å². The Morgan fingerprint density at radius 3 is 2.24 bits per heavy atom. The number of amides is 1. The Balaban J connectivity index is 2.52. The van der Waals surface area contributed by atoms with Crippen molar-refractivity contribution < 1.29 is 14.7 Å². The zero-order valence-electron chi connectivity index (χ0n) is 13.0. The third-order valence-corrected chi connectivity index (χ3v) is 4.45. The second kappa shape index (κ2) is 6.98. The van der Waals surface area contributed by atoms with Crippen molar-refractivity contribution in [3.8, 4) is 0 Å². The number of rotatable bonds is 7. The first-order valence-corrected chi connectivity index (χ1v) is 7.83. The van der Waals surface area contributed by atoms with E-state index in [1.165, 1.54) is 19.4 Å². The summed E-state index contributed by atoms with van der Waals surface area (Å²) < 4.78 is -0.255. The molecule has 1 amide bonds. The minimum atomic E-state index is -1.24. The van der Waals surface area contributed by atoms with E-state index < -0.39 is 11.5 Å². The predicted molar refractivity (Wildman–Crippen MR) is 86.3 cm³/mol. The molecule has 0 unspecified atom stereocenters. The maximum Gasteiger partial charge on any atom is 0.328 e. The summed E-state index contributed by atoms with van der Waals surface area (Å²) >= 11 is 1.69. The summed E-state index contributed by atoms with van der Waals surface area (Å²) in [6.07, 6.45) is 0.279. The van der Waals surface area contributed by atoms with Gasteiger partial charge in [0.2, 0.25) is 5.91 Å². The number of carboxylic acids is 1. The van der Waals surface area contributed by atoms with Gasteiger partial charge in [-0.25, -0.2) is 4.79 Å². The Labute approximate surface area is 130 Å². The van der Waals surface area contributed by atoms with E-state index >= 15 is 0 Å². The number of hydrogen-bond donors (Lipinski definition) is 2. The van der Waals surface area contributed by atoms with Crippen LogP contribution >= 0.6 is 11.8 Å². The van der Waals surface area contributed by atoms with E-state index in [0.717, 1.165) is 5.75 Å². The lowest BCUT2D eigenvalue weighted by molar-refractivity contribution is -0.146. The van der Waals surface area contributed by atoms with Gasteiger partial charge in [0, 0.05) is 16.9 Å². The lowest BCUT2D eigenvalue weighted by Gasteiger charge is -2.27. The zero-order valence-corrected chi connectivity index (χ0v) is 13.8. The standard InChI is InChI=1S/C16H23NO3S/c1-15(2,21-11-12-8-6-5-7-9-12)10-13(18)17-16(3,4)14(19)20/h5-9H,10-11H2,1-4H3,(H,17,18)(H,19,20). The van der Waals surface area contributed by atoms with Crippen molar-refractivity contribution in [2.75, 3.05) is 0 Å². The van der Waals surface area contributed by atoms with Gasteiger partial charge in [0.15, 0.2) is 0 Å². The summed E-state index contributed by atoms with van der Waals surface area (Å²) in [6.45, 7) is 6.95. The first-order valence-electron chi connectivity index (χ1n) is 6.85. The fourth-order valence-corrected chi connectivity index (χ4v) is 2.72. The number of benzene rings is 1. The first-order chi connectivity index (χ1) is 9.62. The summed E-state index contributed by atoms with van der Waals surface area (Å²) in [5.74, 6) is -0.456. The molecular weight excluding hydrogens is 286 g/mol. The van der Waals surface area contributed by atoms with Crippen molar-refractivity contribution in [1.29, 1.82) is 0 Å². The van der Waals surface area contributed by atoms with E-state index in [9.17, 15) is 9.59 Å². The molecule has 1 aromatic rings. The van der Waals surface area contributed by atoms with Crippen LogP contribution in [-0.4, -0.2) is 27.3 Å². The van der Waals surface area contributed by atoms with E-state index in [0.29, 0.717) is 0 Å². The topological polar surface area (TPSA) is 66.4 Å². The van der Waals surface area contributed by atoms with Crippen LogP contribution in [0, 0.1) is 0 Å². The molecule has 5 heteroatoms. The first kappa shape index (κ1) is 17.6. The Kier molecular flexibility index (Phi) is 5.84. The maximum absolute atomic E-state index is 12.0.